The highest BCUT2D eigenvalue weighted by Crippen LogP contribution is 2.25. The van der Waals surface area contributed by atoms with Crippen LogP contribution in [0.2, 0.25) is 0 Å². The van der Waals surface area contributed by atoms with Gasteiger partial charge < -0.3 is 41.2 Å². The van der Waals surface area contributed by atoms with E-state index in [2.05, 4.69) is 0 Å². The largest absolute Gasteiger partial charge is 0.480 e. The van der Waals surface area contributed by atoms with Crippen molar-refractivity contribution in [1.29, 1.82) is 0 Å². The monoisotopic (exact) mass is 324 g/mol. The van der Waals surface area contributed by atoms with Gasteiger partial charge in [0.05, 0.1) is 6.61 Å². The summed E-state index contributed by atoms with van der Waals surface area (Å²) in [6.07, 6.45) is -6.77. The molecule has 1 saturated heterocycles. The third-order valence-electron chi connectivity index (χ3n) is 3.66. The van der Waals surface area contributed by atoms with E-state index in [9.17, 15) is 25.3 Å². The van der Waals surface area contributed by atoms with E-state index in [4.69, 9.17) is 20.7 Å². The number of hydrogen-bond acceptors (Lipinski definition) is 9. The molecule has 1 fully saturated rings. The van der Waals surface area contributed by atoms with Crippen LogP contribution >= 0.6 is 0 Å². The minimum atomic E-state index is -1.74. The van der Waals surface area contributed by atoms with Gasteiger partial charge in [-0.25, -0.2) is 0 Å². The summed E-state index contributed by atoms with van der Waals surface area (Å²) in [5.74, 6) is -1.34. The molecule has 0 radical (unpaired) electrons. The van der Waals surface area contributed by atoms with Crippen molar-refractivity contribution < 1.29 is 40.3 Å². The number of ether oxygens (including phenoxy) is 1. The normalized spacial score (nSPS) is 33.9. The standard InChI is InChI=1S/C12H24N2O8/c13-4-2-1-3-6(12(19)20)14(21)11-10(18)9(17)8(16)7(5-15)22-11/h6-11,15-18,21H,1-5,13H2,(H,19,20)/t6-,7+,8-,9-,10+,11+/m0/s1. The Balaban J connectivity index is 2.82. The molecular formula is C12H24N2O8. The molecule has 0 aromatic rings. The Hall–Kier alpha value is -0.850. The molecule has 0 spiro atoms. The fraction of sp³-hybridized carbons (Fsp3) is 0.917. The van der Waals surface area contributed by atoms with Gasteiger partial charge in [-0.3, -0.25) is 4.79 Å². The summed E-state index contributed by atoms with van der Waals surface area (Å²) in [5.41, 5.74) is 5.32. The third kappa shape index (κ3) is 4.33. The number of aliphatic hydroxyl groups is 4. The molecule has 10 heteroatoms. The van der Waals surface area contributed by atoms with Crippen LogP contribution in [0, 0.1) is 0 Å². The maximum Gasteiger partial charge on any atom is 0.323 e. The summed E-state index contributed by atoms with van der Waals surface area (Å²) in [6.45, 7) is -0.294. The Morgan fingerprint density at radius 2 is 1.82 bits per heavy atom. The van der Waals surface area contributed by atoms with E-state index in [1.165, 1.54) is 0 Å². The lowest BCUT2D eigenvalue weighted by molar-refractivity contribution is -0.329. The number of hydrogen-bond donors (Lipinski definition) is 7. The number of carboxylic acids is 1. The lowest BCUT2D eigenvalue weighted by Gasteiger charge is -2.43. The molecule has 22 heavy (non-hydrogen) atoms. The van der Waals surface area contributed by atoms with Crippen molar-refractivity contribution in [3.63, 3.8) is 0 Å². The average molecular weight is 324 g/mol. The maximum absolute atomic E-state index is 11.3. The van der Waals surface area contributed by atoms with Crippen LogP contribution in [-0.4, -0.2) is 91.6 Å². The first kappa shape index (κ1) is 19.2. The quantitative estimate of drug-likeness (QED) is 0.180. The molecule has 1 rings (SSSR count). The fourth-order valence-corrected chi connectivity index (χ4v) is 2.33. The molecule has 0 bridgehead atoms. The van der Waals surface area contributed by atoms with Crippen LogP contribution in [-0.2, 0) is 9.53 Å². The molecular weight excluding hydrogens is 300 g/mol. The lowest BCUT2D eigenvalue weighted by atomic mass is 9.97. The predicted octanol–water partition coefficient (Wildman–Crippen LogP) is -2.94. The Kier molecular flexibility index (Phi) is 7.59. The number of aliphatic hydroxyl groups excluding tert-OH is 4. The molecule has 1 aliphatic heterocycles. The zero-order valence-corrected chi connectivity index (χ0v) is 12.0. The summed E-state index contributed by atoms with van der Waals surface area (Å²) in [7, 11) is 0. The highest BCUT2D eigenvalue weighted by atomic mass is 16.6. The second kappa shape index (κ2) is 8.70. The first-order valence-corrected chi connectivity index (χ1v) is 7.05. The van der Waals surface area contributed by atoms with Gasteiger partial charge in [-0.2, -0.15) is 0 Å². The van der Waals surface area contributed by atoms with Crippen LogP contribution in [0.4, 0.5) is 0 Å². The van der Waals surface area contributed by atoms with Gasteiger partial charge in [-0.05, 0) is 25.8 Å². The molecule has 0 aromatic heterocycles. The molecule has 0 aromatic carbocycles. The number of rotatable bonds is 8. The number of unbranched alkanes of at least 4 members (excludes halogenated alkanes) is 1. The van der Waals surface area contributed by atoms with Crippen LogP contribution < -0.4 is 5.73 Å². The van der Waals surface area contributed by atoms with Crippen molar-refractivity contribution in [2.45, 2.75) is 55.9 Å². The van der Waals surface area contributed by atoms with Crippen LogP contribution in [0.3, 0.4) is 0 Å². The molecule has 8 N–H and O–H groups in total. The van der Waals surface area contributed by atoms with Crippen LogP contribution in [0.15, 0.2) is 0 Å². The Labute approximate surface area is 127 Å². The Morgan fingerprint density at radius 1 is 1.18 bits per heavy atom. The summed E-state index contributed by atoms with van der Waals surface area (Å²) >= 11 is 0. The topological polar surface area (TPSA) is 177 Å². The second-order valence-corrected chi connectivity index (χ2v) is 5.24. The summed E-state index contributed by atoms with van der Waals surface area (Å²) in [4.78, 5) is 11.3. The zero-order valence-electron chi connectivity index (χ0n) is 12.0. The third-order valence-corrected chi connectivity index (χ3v) is 3.66. The Morgan fingerprint density at radius 3 is 2.32 bits per heavy atom. The summed E-state index contributed by atoms with van der Waals surface area (Å²) in [6, 6.07) is -1.38. The molecule has 1 aliphatic rings. The maximum atomic E-state index is 11.3. The van der Waals surface area contributed by atoms with Crippen LogP contribution in [0.1, 0.15) is 19.3 Å². The van der Waals surface area contributed by atoms with Gasteiger partial charge in [0, 0.05) is 0 Å². The minimum absolute atomic E-state index is 0.0536. The number of nitrogens with zero attached hydrogens (tertiary/aromatic N) is 1. The van der Waals surface area contributed by atoms with Gasteiger partial charge in [-0.15, -0.1) is 5.06 Å². The molecule has 10 nitrogen and oxygen atoms in total. The van der Waals surface area contributed by atoms with Gasteiger partial charge in [-0.1, -0.05) is 0 Å². The first-order chi connectivity index (χ1) is 10.3. The molecule has 0 amide bonds. The minimum Gasteiger partial charge on any atom is -0.480 e. The van der Waals surface area contributed by atoms with E-state index in [1.54, 1.807) is 0 Å². The molecule has 130 valence electrons. The number of hydroxylamine groups is 2. The fourth-order valence-electron chi connectivity index (χ4n) is 2.33. The van der Waals surface area contributed by atoms with Crippen molar-refractivity contribution in [1.82, 2.24) is 5.06 Å². The van der Waals surface area contributed by atoms with E-state index in [0.29, 0.717) is 24.4 Å². The highest BCUT2D eigenvalue weighted by molar-refractivity contribution is 5.73. The number of aliphatic carboxylic acids is 1. The van der Waals surface area contributed by atoms with Crippen molar-refractivity contribution >= 4 is 5.97 Å². The first-order valence-electron chi connectivity index (χ1n) is 7.05. The molecule has 6 atom stereocenters. The second-order valence-electron chi connectivity index (χ2n) is 5.24. The molecule has 0 unspecified atom stereocenters. The number of carbonyl (C=O) groups is 1. The molecule has 1 heterocycles. The zero-order chi connectivity index (χ0) is 16.9. The van der Waals surface area contributed by atoms with E-state index >= 15 is 0 Å². The SMILES string of the molecule is NCCCC[C@@H](C(=O)O)N(O)[C@@H]1O[C@H](CO)[C@H](O)[C@H](O)[C@H]1O. The summed E-state index contributed by atoms with van der Waals surface area (Å²) in [5, 5.41) is 57.8. The lowest BCUT2D eigenvalue weighted by Crippen LogP contribution is -2.64. The highest BCUT2D eigenvalue weighted by Gasteiger charge is 2.47. The van der Waals surface area contributed by atoms with Crippen molar-refractivity contribution in [2.24, 2.45) is 5.73 Å². The van der Waals surface area contributed by atoms with E-state index in [1.807, 2.05) is 0 Å². The number of nitrogens with two attached hydrogens (primary N) is 1. The smallest absolute Gasteiger partial charge is 0.323 e. The van der Waals surface area contributed by atoms with E-state index < -0.39 is 49.3 Å². The van der Waals surface area contributed by atoms with Crippen molar-refractivity contribution in [3.8, 4) is 0 Å². The van der Waals surface area contributed by atoms with Crippen molar-refractivity contribution in [3.05, 3.63) is 0 Å². The van der Waals surface area contributed by atoms with E-state index in [0.717, 1.165) is 0 Å². The van der Waals surface area contributed by atoms with Gasteiger partial charge in [0.2, 0.25) is 0 Å². The van der Waals surface area contributed by atoms with Gasteiger partial charge >= 0.3 is 5.97 Å². The van der Waals surface area contributed by atoms with Gasteiger partial charge in [0.25, 0.3) is 0 Å². The van der Waals surface area contributed by atoms with Gasteiger partial charge in [0.15, 0.2) is 6.23 Å². The number of carboxylic acid groups (broad SMARTS) is 1. The van der Waals surface area contributed by atoms with Gasteiger partial charge in [0.1, 0.15) is 30.5 Å². The summed E-state index contributed by atoms with van der Waals surface area (Å²) < 4.78 is 5.11. The van der Waals surface area contributed by atoms with Crippen molar-refractivity contribution in [2.75, 3.05) is 13.2 Å². The van der Waals surface area contributed by atoms with Crippen LogP contribution in [0.25, 0.3) is 0 Å². The van der Waals surface area contributed by atoms with Crippen LogP contribution in [0.5, 0.6) is 0 Å². The predicted molar refractivity (Wildman–Crippen MR) is 71.7 cm³/mol. The van der Waals surface area contributed by atoms with E-state index in [-0.39, 0.29) is 6.42 Å². The average Bonchev–Trinajstić information content (AvgIpc) is 2.48. The Bertz CT molecular complexity index is 356. The molecule has 0 saturated carbocycles. The molecule has 0 aliphatic carbocycles.